The molecule has 0 unspecified atom stereocenters. The number of fused-ring (bicyclic) bond motifs is 2. The number of nitrogens with zero attached hydrogens (tertiary/aromatic N) is 6. The SMILES string of the molecule is Cc1nsc(N2C[C@H]3CC[C@@H](C2)[C@H]3Nc2nc(Oc3ccccc3Cl)n(C(C)C)n2)n1. The number of anilines is 2. The molecule has 2 aromatic heterocycles. The first-order valence-electron chi connectivity index (χ1n) is 10.7. The lowest BCUT2D eigenvalue weighted by Crippen LogP contribution is -2.48. The van der Waals surface area contributed by atoms with Crippen LogP contribution in [0.15, 0.2) is 24.3 Å². The maximum Gasteiger partial charge on any atom is 0.322 e. The molecule has 0 spiro atoms. The van der Waals surface area contributed by atoms with Gasteiger partial charge in [0.05, 0.1) is 11.1 Å². The van der Waals surface area contributed by atoms with E-state index >= 15 is 0 Å². The number of ether oxygens (including phenoxy) is 1. The molecule has 1 aromatic carbocycles. The lowest BCUT2D eigenvalue weighted by Gasteiger charge is -2.37. The third kappa shape index (κ3) is 4.08. The van der Waals surface area contributed by atoms with Crippen LogP contribution in [0.3, 0.4) is 0 Å². The molecule has 2 bridgehead atoms. The van der Waals surface area contributed by atoms with Gasteiger partial charge in [0.2, 0.25) is 11.1 Å². The highest BCUT2D eigenvalue weighted by molar-refractivity contribution is 7.09. The normalized spacial score (nSPS) is 22.9. The Labute approximate surface area is 190 Å². The molecule has 3 heterocycles. The summed E-state index contributed by atoms with van der Waals surface area (Å²) in [6.45, 7) is 8.03. The summed E-state index contributed by atoms with van der Waals surface area (Å²) in [5.41, 5.74) is 0. The Morgan fingerprint density at radius 1 is 1.16 bits per heavy atom. The van der Waals surface area contributed by atoms with Gasteiger partial charge in [-0.3, -0.25) is 0 Å². The van der Waals surface area contributed by atoms with Gasteiger partial charge in [-0.2, -0.15) is 9.36 Å². The van der Waals surface area contributed by atoms with Crippen molar-refractivity contribution >= 4 is 34.2 Å². The first-order chi connectivity index (χ1) is 15.0. The molecule has 3 atom stereocenters. The van der Waals surface area contributed by atoms with E-state index in [0.29, 0.717) is 40.6 Å². The third-order valence-corrected chi connectivity index (χ3v) is 7.22. The minimum atomic E-state index is 0.111. The van der Waals surface area contributed by atoms with Gasteiger partial charge >= 0.3 is 6.01 Å². The molecular weight excluding hydrogens is 434 g/mol. The van der Waals surface area contributed by atoms with E-state index in [1.165, 1.54) is 24.4 Å². The second-order valence-electron chi connectivity index (χ2n) is 8.59. The average Bonchev–Trinajstić information content (AvgIpc) is 3.40. The summed E-state index contributed by atoms with van der Waals surface area (Å²) in [5.74, 6) is 3.09. The Morgan fingerprint density at radius 3 is 2.55 bits per heavy atom. The van der Waals surface area contributed by atoms with Crippen molar-refractivity contribution in [3.63, 3.8) is 0 Å². The molecule has 10 heteroatoms. The summed E-state index contributed by atoms with van der Waals surface area (Å²) >= 11 is 7.76. The van der Waals surface area contributed by atoms with Gasteiger partial charge in [0.25, 0.3) is 0 Å². The monoisotopic (exact) mass is 459 g/mol. The first-order valence-corrected chi connectivity index (χ1v) is 11.8. The van der Waals surface area contributed by atoms with Crippen LogP contribution < -0.4 is 15.0 Å². The number of nitrogens with one attached hydrogen (secondary N) is 1. The number of hydrogen-bond donors (Lipinski definition) is 1. The van der Waals surface area contributed by atoms with Crippen molar-refractivity contribution in [2.24, 2.45) is 11.8 Å². The van der Waals surface area contributed by atoms with E-state index in [1.54, 1.807) is 10.7 Å². The van der Waals surface area contributed by atoms with E-state index in [2.05, 4.69) is 38.4 Å². The molecule has 1 saturated carbocycles. The quantitative estimate of drug-likeness (QED) is 0.567. The Kier molecular flexibility index (Phi) is 5.47. The Balaban J connectivity index is 1.33. The lowest BCUT2D eigenvalue weighted by atomic mass is 9.92. The van der Waals surface area contributed by atoms with Gasteiger partial charge in [-0.05, 0) is 57.6 Å². The molecule has 164 valence electrons. The lowest BCUT2D eigenvalue weighted by molar-refractivity contribution is 0.374. The number of piperidine rings is 1. The van der Waals surface area contributed by atoms with Gasteiger partial charge in [-0.1, -0.05) is 23.7 Å². The molecule has 3 aromatic rings. The number of para-hydroxylation sites is 1. The highest BCUT2D eigenvalue weighted by Crippen LogP contribution is 2.40. The molecule has 1 aliphatic heterocycles. The number of halogens is 1. The topological polar surface area (TPSA) is 81.0 Å². The minimum Gasteiger partial charge on any atom is -0.423 e. The van der Waals surface area contributed by atoms with Crippen LogP contribution in [0.1, 0.15) is 38.6 Å². The molecule has 8 nitrogen and oxygen atoms in total. The Hall–Kier alpha value is -2.39. The van der Waals surface area contributed by atoms with Crippen molar-refractivity contribution in [3.8, 4) is 11.8 Å². The number of hydrogen-bond acceptors (Lipinski definition) is 8. The summed E-state index contributed by atoms with van der Waals surface area (Å²) in [5, 5.41) is 9.90. The van der Waals surface area contributed by atoms with Crippen LogP contribution in [0.2, 0.25) is 5.02 Å². The van der Waals surface area contributed by atoms with Crippen molar-refractivity contribution < 1.29 is 4.74 Å². The van der Waals surface area contributed by atoms with Crippen LogP contribution in [-0.2, 0) is 0 Å². The first kappa shape index (κ1) is 20.5. The zero-order chi connectivity index (χ0) is 21.5. The number of aryl methyl sites for hydroxylation is 1. The highest BCUT2D eigenvalue weighted by Gasteiger charge is 2.43. The smallest absolute Gasteiger partial charge is 0.322 e. The molecule has 31 heavy (non-hydrogen) atoms. The van der Waals surface area contributed by atoms with Crippen LogP contribution in [0.4, 0.5) is 11.1 Å². The van der Waals surface area contributed by atoms with E-state index < -0.39 is 0 Å². The van der Waals surface area contributed by atoms with Gasteiger partial charge in [0.15, 0.2) is 0 Å². The summed E-state index contributed by atoms with van der Waals surface area (Å²) < 4.78 is 12.2. The van der Waals surface area contributed by atoms with Crippen molar-refractivity contribution in [2.75, 3.05) is 23.3 Å². The standard InChI is InChI=1S/C21H26ClN7OS/c1-12(2)29-20(30-17-7-5-4-6-16(17)22)25-19(26-29)24-18-14-8-9-15(18)11-28(10-14)21-23-13(3)27-31-21/h4-7,12,14-15,18H,8-11H2,1-3H3,(H,24,26)/t14-,15+,18+. The largest absolute Gasteiger partial charge is 0.423 e. The molecule has 1 N–H and O–H groups in total. The maximum atomic E-state index is 6.27. The molecule has 2 fully saturated rings. The van der Waals surface area contributed by atoms with Gasteiger partial charge in [0.1, 0.15) is 11.6 Å². The van der Waals surface area contributed by atoms with Gasteiger partial charge < -0.3 is 15.0 Å². The van der Waals surface area contributed by atoms with E-state index in [1.807, 2.05) is 25.1 Å². The van der Waals surface area contributed by atoms with Crippen LogP contribution in [0, 0.1) is 18.8 Å². The predicted octanol–water partition coefficient (Wildman–Crippen LogP) is 4.79. The molecule has 0 radical (unpaired) electrons. The van der Waals surface area contributed by atoms with E-state index in [9.17, 15) is 0 Å². The van der Waals surface area contributed by atoms with Gasteiger partial charge in [-0.15, -0.1) is 5.10 Å². The van der Waals surface area contributed by atoms with Gasteiger partial charge in [0, 0.05) is 30.7 Å². The Morgan fingerprint density at radius 2 is 1.90 bits per heavy atom. The summed E-state index contributed by atoms with van der Waals surface area (Å²) in [4.78, 5) is 11.6. The fourth-order valence-electron chi connectivity index (χ4n) is 4.58. The van der Waals surface area contributed by atoms with Crippen LogP contribution >= 0.6 is 23.1 Å². The predicted molar refractivity (Wildman–Crippen MR) is 122 cm³/mol. The zero-order valence-electron chi connectivity index (χ0n) is 17.8. The Bertz CT molecular complexity index is 1050. The van der Waals surface area contributed by atoms with E-state index in [4.69, 9.17) is 21.4 Å². The number of aromatic nitrogens is 5. The molecule has 2 aliphatic rings. The van der Waals surface area contributed by atoms with Crippen molar-refractivity contribution in [2.45, 2.75) is 45.7 Å². The fourth-order valence-corrected chi connectivity index (χ4v) is 5.45. The van der Waals surface area contributed by atoms with Crippen LogP contribution in [0.25, 0.3) is 0 Å². The summed E-state index contributed by atoms with van der Waals surface area (Å²) in [7, 11) is 0. The van der Waals surface area contributed by atoms with Crippen molar-refractivity contribution in [1.82, 2.24) is 24.1 Å². The summed E-state index contributed by atoms with van der Waals surface area (Å²) in [6.07, 6.45) is 2.40. The molecule has 1 aliphatic carbocycles. The number of benzene rings is 1. The second-order valence-corrected chi connectivity index (χ2v) is 9.72. The number of rotatable bonds is 6. The average molecular weight is 460 g/mol. The fraction of sp³-hybridized carbons (Fsp3) is 0.524. The molecule has 1 saturated heterocycles. The maximum absolute atomic E-state index is 6.27. The minimum absolute atomic E-state index is 0.111. The zero-order valence-corrected chi connectivity index (χ0v) is 19.4. The molecular formula is C21H26ClN7OS. The van der Waals surface area contributed by atoms with Crippen LogP contribution in [0.5, 0.6) is 11.8 Å². The van der Waals surface area contributed by atoms with E-state index in [-0.39, 0.29) is 6.04 Å². The van der Waals surface area contributed by atoms with Gasteiger partial charge in [-0.25, -0.2) is 9.67 Å². The molecule has 0 amide bonds. The van der Waals surface area contributed by atoms with Crippen molar-refractivity contribution in [3.05, 3.63) is 35.1 Å². The van der Waals surface area contributed by atoms with Crippen molar-refractivity contribution in [1.29, 1.82) is 0 Å². The third-order valence-electron chi connectivity index (χ3n) is 6.04. The highest BCUT2D eigenvalue weighted by atomic mass is 35.5. The second kappa shape index (κ2) is 8.27. The summed E-state index contributed by atoms with van der Waals surface area (Å²) in [6, 6.07) is 8.31. The van der Waals surface area contributed by atoms with Crippen LogP contribution in [-0.4, -0.2) is 43.3 Å². The van der Waals surface area contributed by atoms with E-state index in [0.717, 1.165) is 24.0 Å². The molecule has 5 rings (SSSR count).